The predicted molar refractivity (Wildman–Crippen MR) is 92.7 cm³/mol. The highest BCUT2D eigenvalue weighted by molar-refractivity contribution is 7.08. The van der Waals surface area contributed by atoms with Crippen molar-refractivity contribution in [2.75, 3.05) is 18.1 Å². The van der Waals surface area contributed by atoms with Crippen LogP contribution in [0.3, 0.4) is 0 Å². The smallest absolute Gasteiger partial charge is 0.228 e. The van der Waals surface area contributed by atoms with Gasteiger partial charge in [-0.2, -0.15) is 11.3 Å². The number of ether oxygens (including phenoxy) is 2. The van der Waals surface area contributed by atoms with Gasteiger partial charge in [0.15, 0.2) is 0 Å². The molecule has 1 amide bonds. The van der Waals surface area contributed by atoms with Gasteiger partial charge in [0.25, 0.3) is 0 Å². The van der Waals surface area contributed by atoms with Gasteiger partial charge in [0.2, 0.25) is 5.91 Å². The molecule has 0 aliphatic carbocycles. The number of nitrogens with zero attached hydrogens (tertiary/aromatic N) is 1. The summed E-state index contributed by atoms with van der Waals surface area (Å²) in [7, 11) is 0. The highest BCUT2D eigenvalue weighted by atomic mass is 32.1. The number of hydrogen-bond donors (Lipinski definition) is 0. The molecule has 1 saturated heterocycles. The van der Waals surface area contributed by atoms with Crippen molar-refractivity contribution in [3.8, 4) is 5.75 Å². The van der Waals surface area contributed by atoms with Gasteiger partial charge in [-0.05, 0) is 41.6 Å². The molecule has 0 N–H and O–H groups in total. The van der Waals surface area contributed by atoms with E-state index in [-0.39, 0.29) is 12.0 Å². The van der Waals surface area contributed by atoms with Crippen molar-refractivity contribution in [2.45, 2.75) is 19.4 Å². The Morgan fingerprint density at radius 3 is 2.91 bits per heavy atom. The molecule has 0 bridgehead atoms. The highest BCUT2D eigenvalue weighted by Crippen LogP contribution is 2.32. The Balaban J connectivity index is 1.89. The molecule has 1 aliphatic heterocycles. The normalized spacial score (nSPS) is 16.0. The number of amides is 1. The van der Waals surface area contributed by atoms with Gasteiger partial charge >= 0.3 is 0 Å². The van der Waals surface area contributed by atoms with Crippen LogP contribution in [0.25, 0.3) is 0 Å². The summed E-state index contributed by atoms with van der Waals surface area (Å²) in [5, 5.41) is 3.92. The third-order valence-electron chi connectivity index (χ3n) is 3.57. The second kappa shape index (κ2) is 6.98. The predicted octanol–water partition coefficient (Wildman–Crippen LogP) is 3.94. The quantitative estimate of drug-likeness (QED) is 0.571. The van der Waals surface area contributed by atoms with Crippen LogP contribution in [0.4, 0.5) is 11.4 Å². The van der Waals surface area contributed by atoms with Crippen LogP contribution in [0.2, 0.25) is 0 Å². The molecule has 3 rings (SSSR count). The zero-order valence-corrected chi connectivity index (χ0v) is 13.8. The Morgan fingerprint density at radius 1 is 1.48 bits per heavy atom. The molecule has 5 heteroatoms. The molecular weight excluding hydrogens is 310 g/mol. The summed E-state index contributed by atoms with van der Waals surface area (Å²) < 4.78 is 11.0. The molecule has 4 nitrogen and oxygen atoms in total. The Bertz CT molecular complexity index is 692. The van der Waals surface area contributed by atoms with Crippen molar-refractivity contribution in [1.29, 1.82) is 0 Å². The number of hydrogen-bond acceptors (Lipinski definition) is 4. The molecule has 1 aromatic heterocycles. The maximum Gasteiger partial charge on any atom is 0.228 e. The monoisotopic (exact) mass is 329 g/mol. The fourth-order valence-electron chi connectivity index (χ4n) is 2.40. The zero-order valence-electron chi connectivity index (χ0n) is 13.0. The number of carbonyl (C=O) groups excluding carboxylic acids is 1. The van der Waals surface area contributed by atoms with Crippen molar-refractivity contribution in [1.82, 2.24) is 0 Å². The lowest BCUT2D eigenvalue weighted by Crippen LogP contribution is -2.22. The van der Waals surface area contributed by atoms with Gasteiger partial charge < -0.3 is 9.47 Å². The van der Waals surface area contributed by atoms with E-state index in [4.69, 9.17) is 9.47 Å². The number of carbonyl (C=O) groups is 1. The minimum atomic E-state index is -0.0204. The van der Waals surface area contributed by atoms with Crippen LogP contribution in [-0.2, 0) is 16.0 Å². The van der Waals surface area contributed by atoms with E-state index in [9.17, 15) is 4.79 Å². The largest absolute Gasteiger partial charge is 0.490 e. The van der Waals surface area contributed by atoms with E-state index in [1.165, 1.54) is 0 Å². The van der Waals surface area contributed by atoms with E-state index in [0.29, 0.717) is 13.0 Å². The van der Waals surface area contributed by atoms with Crippen molar-refractivity contribution in [3.05, 3.63) is 53.2 Å². The number of rotatable bonds is 7. The number of thiophene rings is 1. The van der Waals surface area contributed by atoms with Crippen molar-refractivity contribution >= 4 is 28.6 Å². The van der Waals surface area contributed by atoms with Crippen LogP contribution >= 0.6 is 11.3 Å². The molecule has 23 heavy (non-hydrogen) atoms. The molecule has 2 heterocycles. The summed E-state index contributed by atoms with van der Waals surface area (Å²) >= 11 is 1.57. The molecule has 0 saturated carbocycles. The summed E-state index contributed by atoms with van der Waals surface area (Å²) in [4.78, 5) is 13.8. The minimum absolute atomic E-state index is 0.0204. The first-order valence-corrected chi connectivity index (χ1v) is 8.44. The summed E-state index contributed by atoms with van der Waals surface area (Å²) in [6.45, 7) is 6.70. The van der Waals surface area contributed by atoms with Gasteiger partial charge in [0, 0.05) is 18.0 Å². The molecular formula is C18H19NO3S. The second-order valence-corrected chi connectivity index (χ2v) is 6.17. The van der Waals surface area contributed by atoms with Gasteiger partial charge in [-0.25, -0.2) is 0 Å². The maximum atomic E-state index is 12.1. The lowest BCUT2D eigenvalue weighted by atomic mass is 10.1. The van der Waals surface area contributed by atoms with Crippen LogP contribution in [0.5, 0.6) is 5.75 Å². The fourth-order valence-corrected chi connectivity index (χ4v) is 3.02. The number of benzene rings is 1. The SMILES string of the molecule is C=CCc1cc(N(C(C)=O)c2ccsc2)ccc1OCC1CO1. The maximum absolute atomic E-state index is 12.1. The first kappa shape index (κ1) is 15.8. The van der Waals surface area contributed by atoms with Gasteiger partial charge in [-0.1, -0.05) is 6.08 Å². The zero-order chi connectivity index (χ0) is 16.2. The topological polar surface area (TPSA) is 42.1 Å². The summed E-state index contributed by atoms with van der Waals surface area (Å²) in [6.07, 6.45) is 2.73. The Kier molecular flexibility index (Phi) is 4.79. The van der Waals surface area contributed by atoms with E-state index < -0.39 is 0 Å². The average Bonchev–Trinajstić information content (AvgIpc) is 3.21. The van der Waals surface area contributed by atoms with Crippen molar-refractivity contribution in [3.63, 3.8) is 0 Å². The van der Waals surface area contributed by atoms with E-state index in [1.807, 2.05) is 41.1 Å². The number of epoxide rings is 1. The lowest BCUT2D eigenvalue weighted by molar-refractivity contribution is -0.115. The molecule has 1 fully saturated rings. The van der Waals surface area contributed by atoms with Gasteiger partial charge in [-0.3, -0.25) is 9.69 Å². The van der Waals surface area contributed by atoms with Crippen molar-refractivity contribution in [2.24, 2.45) is 0 Å². The van der Waals surface area contributed by atoms with E-state index in [0.717, 1.165) is 29.3 Å². The van der Waals surface area contributed by atoms with Gasteiger partial charge in [-0.15, -0.1) is 6.58 Å². The number of allylic oxidation sites excluding steroid dienone is 1. The molecule has 1 atom stereocenters. The standard InChI is InChI=1S/C18H19NO3S/c1-3-4-14-9-15(5-6-18(14)22-11-17-10-21-17)19(13(2)20)16-7-8-23-12-16/h3,5-9,12,17H,1,4,10-11H2,2H3. The Labute approximate surface area is 140 Å². The van der Waals surface area contributed by atoms with Crippen LogP contribution < -0.4 is 9.64 Å². The van der Waals surface area contributed by atoms with Gasteiger partial charge in [0.05, 0.1) is 12.3 Å². The summed E-state index contributed by atoms with van der Waals surface area (Å²) in [5.74, 6) is 0.797. The van der Waals surface area contributed by atoms with E-state index in [2.05, 4.69) is 6.58 Å². The first-order chi connectivity index (χ1) is 11.2. The van der Waals surface area contributed by atoms with E-state index in [1.54, 1.807) is 23.2 Å². The van der Waals surface area contributed by atoms with Crippen LogP contribution in [0, 0.1) is 0 Å². The van der Waals surface area contributed by atoms with Crippen LogP contribution in [0.15, 0.2) is 47.7 Å². The third kappa shape index (κ3) is 3.81. The molecule has 120 valence electrons. The molecule has 2 aromatic rings. The third-order valence-corrected chi connectivity index (χ3v) is 4.24. The molecule has 0 spiro atoms. The second-order valence-electron chi connectivity index (χ2n) is 5.39. The molecule has 1 aliphatic rings. The molecule has 1 unspecified atom stereocenters. The van der Waals surface area contributed by atoms with E-state index >= 15 is 0 Å². The fraction of sp³-hybridized carbons (Fsp3) is 0.278. The Hall–Kier alpha value is -2.11. The molecule has 1 aromatic carbocycles. The summed E-state index contributed by atoms with van der Waals surface area (Å²) in [6, 6.07) is 7.76. The van der Waals surface area contributed by atoms with Gasteiger partial charge in [0.1, 0.15) is 18.5 Å². The first-order valence-electron chi connectivity index (χ1n) is 7.50. The average molecular weight is 329 g/mol. The minimum Gasteiger partial charge on any atom is -0.490 e. The highest BCUT2D eigenvalue weighted by Gasteiger charge is 2.24. The van der Waals surface area contributed by atoms with Crippen LogP contribution in [0.1, 0.15) is 12.5 Å². The Morgan fingerprint density at radius 2 is 2.30 bits per heavy atom. The lowest BCUT2D eigenvalue weighted by Gasteiger charge is -2.21. The molecule has 0 radical (unpaired) electrons. The van der Waals surface area contributed by atoms with Crippen molar-refractivity contribution < 1.29 is 14.3 Å². The number of anilines is 2. The summed E-state index contributed by atoms with van der Waals surface area (Å²) in [5.41, 5.74) is 2.73. The van der Waals surface area contributed by atoms with Crippen LogP contribution in [-0.4, -0.2) is 25.2 Å².